The molecule has 0 aromatic rings. The highest BCUT2D eigenvalue weighted by Crippen LogP contribution is 2.19. The fraction of sp³-hybridized carbons (Fsp3) is 0.909. The number of nitrogens with two attached hydrogens (primary N) is 1. The van der Waals surface area contributed by atoms with E-state index in [1.807, 2.05) is 0 Å². The Balaban J connectivity index is 2.35. The summed E-state index contributed by atoms with van der Waals surface area (Å²) in [6.07, 6.45) is 5.48. The Hall–Kier alpha value is -0.590. The Morgan fingerprint density at radius 2 is 2.36 bits per heavy atom. The highest BCUT2D eigenvalue weighted by atomic mass is 15.2. The van der Waals surface area contributed by atoms with Gasteiger partial charge in [0.15, 0.2) is 0 Å². The van der Waals surface area contributed by atoms with Crippen molar-refractivity contribution < 1.29 is 0 Å². The number of hydrogen-bond acceptors (Lipinski definition) is 3. The molecular formula is C11H21N3. The van der Waals surface area contributed by atoms with Crippen LogP contribution in [0.25, 0.3) is 0 Å². The lowest BCUT2D eigenvalue weighted by Gasteiger charge is -2.37. The van der Waals surface area contributed by atoms with Crippen LogP contribution in [0.1, 0.15) is 39.0 Å². The van der Waals surface area contributed by atoms with Crippen LogP contribution in [-0.4, -0.2) is 30.1 Å². The fourth-order valence-corrected chi connectivity index (χ4v) is 2.25. The van der Waals surface area contributed by atoms with Crippen molar-refractivity contribution in [3.05, 3.63) is 0 Å². The van der Waals surface area contributed by atoms with Gasteiger partial charge in [0.05, 0.1) is 6.07 Å². The van der Waals surface area contributed by atoms with Crippen molar-refractivity contribution in [1.82, 2.24) is 4.90 Å². The molecule has 0 aliphatic carbocycles. The van der Waals surface area contributed by atoms with Gasteiger partial charge in [-0.1, -0.05) is 6.42 Å². The number of rotatable bonds is 4. The van der Waals surface area contributed by atoms with Crippen LogP contribution in [0.4, 0.5) is 0 Å². The predicted molar refractivity (Wildman–Crippen MR) is 57.7 cm³/mol. The van der Waals surface area contributed by atoms with E-state index < -0.39 is 0 Å². The van der Waals surface area contributed by atoms with Gasteiger partial charge in [0.2, 0.25) is 0 Å². The SMILES string of the molecule is CC(N)C1CCCCN1CCCC#N. The molecule has 0 spiro atoms. The molecule has 2 unspecified atom stereocenters. The van der Waals surface area contributed by atoms with Crippen molar-refractivity contribution in [1.29, 1.82) is 5.26 Å². The summed E-state index contributed by atoms with van der Waals surface area (Å²) in [5, 5.41) is 8.48. The minimum Gasteiger partial charge on any atom is -0.327 e. The van der Waals surface area contributed by atoms with Crippen LogP contribution in [-0.2, 0) is 0 Å². The molecular weight excluding hydrogens is 174 g/mol. The van der Waals surface area contributed by atoms with Gasteiger partial charge in [-0.25, -0.2) is 0 Å². The molecule has 80 valence electrons. The number of hydrogen-bond donors (Lipinski definition) is 1. The van der Waals surface area contributed by atoms with Crippen molar-refractivity contribution in [2.75, 3.05) is 13.1 Å². The van der Waals surface area contributed by atoms with E-state index in [1.165, 1.54) is 19.3 Å². The minimum atomic E-state index is 0.261. The molecule has 0 bridgehead atoms. The zero-order valence-corrected chi connectivity index (χ0v) is 9.08. The first kappa shape index (κ1) is 11.5. The average molecular weight is 195 g/mol. The third-order valence-corrected chi connectivity index (χ3v) is 3.01. The van der Waals surface area contributed by atoms with Crippen molar-refractivity contribution in [3.8, 4) is 6.07 Å². The van der Waals surface area contributed by atoms with Gasteiger partial charge < -0.3 is 5.73 Å². The molecule has 1 aliphatic rings. The van der Waals surface area contributed by atoms with E-state index in [0.717, 1.165) is 19.5 Å². The highest BCUT2D eigenvalue weighted by molar-refractivity contribution is 4.83. The third-order valence-electron chi connectivity index (χ3n) is 3.01. The molecule has 0 aromatic carbocycles. The van der Waals surface area contributed by atoms with Crippen LogP contribution >= 0.6 is 0 Å². The Labute approximate surface area is 86.9 Å². The lowest BCUT2D eigenvalue weighted by molar-refractivity contribution is 0.130. The molecule has 2 atom stereocenters. The molecule has 1 rings (SSSR count). The quantitative estimate of drug-likeness (QED) is 0.691. The van der Waals surface area contributed by atoms with Gasteiger partial charge in [-0.15, -0.1) is 0 Å². The molecule has 3 nitrogen and oxygen atoms in total. The lowest BCUT2D eigenvalue weighted by Crippen LogP contribution is -2.49. The van der Waals surface area contributed by atoms with Gasteiger partial charge in [-0.2, -0.15) is 5.26 Å². The zero-order chi connectivity index (χ0) is 10.4. The zero-order valence-electron chi connectivity index (χ0n) is 9.08. The van der Waals surface area contributed by atoms with Crippen LogP contribution in [0.3, 0.4) is 0 Å². The molecule has 0 aromatic heterocycles. The summed E-state index contributed by atoms with van der Waals surface area (Å²) >= 11 is 0. The molecule has 2 N–H and O–H groups in total. The predicted octanol–water partition coefficient (Wildman–Crippen LogP) is 1.49. The van der Waals surface area contributed by atoms with Crippen molar-refractivity contribution >= 4 is 0 Å². The second-order valence-electron chi connectivity index (χ2n) is 4.22. The van der Waals surface area contributed by atoms with Crippen LogP contribution in [0.15, 0.2) is 0 Å². The number of piperidine rings is 1. The fourth-order valence-electron chi connectivity index (χ4n) is 2.25. The van der Waals surface area contributed by atoms with Gasteiger partial charge in [-0.05, 0) is 39.3 Å². The molecule has 0 radical (unpaired) electrons. The highest BCUT2D eigenvalue weighted by Gasteiger charge is 2.24. The van der Waals surface area contributed by atoms with E-state index >= 15 is 0 Å². The summed E-state index contributed by atoms with van der Waals surface area (Å²) in [5.41, 5.74) is 5.96. The number of likely N-dealkylation sites (tertiary alicyclic amines) is 1. The standard InChI is InChI=1S/C11H21N3/c1-10(13)11-6-2-4-8-14(11)9-5-3-7-12/h10-11H,2-6,8-9,13H2,1H3. The molecule has 1 aliphatic heterocycles. The Bertz CT molecular complexity index is 195. The minimum absolute atomic E-state index is 0.261. The van der Waals surface area contributed by atoms with Crippen molar-refractivity contribution in [3.63, 3.8) is 0 Å². The maximum atomic E-state index is 8.48. The summed E-state index contributed by atoms with van der Waals surface area (Å²) in [6.45, 7) is 4.30. The van der Waals surface area contributed by atoms with Crippen molar-refractivity contribution in [2.24, 2.45) is 5.73 Å². The molecule has 3 heteroatoms. The van der Waals surface area contributed by atoms with E-state index in [1.54, 1.807) is 0 Å². The Morgan fingerprint density at radius 3 is 3.00 bits per heavy atom. The number of nitrogens with zero attached hydrogens (tertiary/aromatic N) is 2. The number of unbranched alkanes of at least 4 members (excludes halogenated alkanes) is 1. The van der Waals surface area contributed by atoms with Crippen molar-refractivity contribution in [2.45, 2.75) is 51.1 Å². The summed E-state index contributed by atoms with van der Waals surface area (Å²) in [5.74, 6) is 0. The Morgan fingerprint density at radius 1 is 1.57 bits per heavy atom. The smallest absolute Gasteiger partial charge is 0.0622 e. The molecule has 1 saturated heterocycles. The van der Waals surface area contributed by atoms with E-state index in [-0.39, 0.29) is 6.04 Å². The van der Waals surface area contributed by atoms with E-state index in [9.17, 15) is 0 Å². The molecule has 0 amide bonds. The van der Waals surface area contributed by atoms with Gasteiger partial charge in [0.1, 0.15) is 0 Å². The van der Waals surface area contributed by atoms with E-state index in [4.69, 9.17) is 11.0 Å². The van der Waals surface area contributed by atoms with Gasteiger partial charge in [0, 0.05) is 18.5 Å². The molecule has 1 heterocycles. The maximum Gasteiger partial charge on any atom is 0.0622 e. The van der Waals surface area contributed by atoms with Gasteiger partial charge in [-0.3, -0.25) is 4.90 Å². The van der Waals surface area contributed by atoms with Crippen LogP contribution < -0.4 is 5.73 Å². The molecule has 0 saturated carbocycles. The second-order valence-corrected chi connectivity index (χ2v) is 4.22. The first-order chi connectivity index (χ1) is 6.75. The first-order valence-electron chi connectivity index (χ1n) is 5.62. The summed E-state index contributed by atoms with van der Waals surface area (Å²) in [6, 6.07) is 3.00. The third kappa shape index (κ3) is 3.28. The maximum absolute atomic E-state index is 8.48. The molecule has 14 heavy (non-hydrogen) atoms. The average Bonchev–Trinajstić information content (AvgIpc) is 2.19. The van der Waals surface area contributed by atoms with Gasteiger partial charge >= 0.3 is 0 Å². The normalized spacial score (nSPS) is 25.6. The summed E-state index contributed by atoms with van der Waals surface area (Å²) in [4.78, 5) is 2.46. The van der Waals surface area contributed by atoms with E-state index in [2.05, 4.69) is 17.9 Å². The van der Waals surface area contributed by atoms with Crippen LogP contribution in [0.5, 0.6) is 0 Å². The lowest BCUT2D eigenvalue weighted by atomic mass is 9.97. The Kier molecular flexibility index (Phi) is 4.92. The number of nitriles is 1. The monoisotopic (exact) mass is 195 g/mol. The largest absolute Gasteiger partial charge is 0.327 e. The van der Waals surface area contributed by atoms with Crippen LogP contribution in [0, 0.1) is 11.3 Å². The first-order valence-corrected chi connectivity index (χ1v) is 5.62. The summed E-state index contributed by atoms with van der Waals surface area (Å²) < 4.78 is 0. The van der Waals surface area contributed by atoms with E-state index in [0.29, 0.717) is 12.5 Å². The van der Waals surface area contributed by atoms with Gasteiger partial charge in [0.25, 0.3) is 0 Å². The molecule has 1 fully saturated rings. The second kappa shape index (κ2) is 6.00. The van der Waals surface area contributed by atoms with Crippen LogP contribution in [0.2, 0.25) is 0 Å². The topological polar surface area (TPSA) is 53.0 Å². The summed E-state index contributed by atoms with van der Waals surface area (Å²) in [7, 11) is 0.